The zero-order valence-electron chi connectivity index (χ0n) is 31.7. The molecular formula is C42H48N2O15. The van der Waals surface area contributed by atoms with Gasteiger partial charge in [-0.15, -0.1) is 0 Å². The van der Waals surface area contributed by atoms with E-state index >= 15 is 0 Å². The average molecular weight is 821 g/mol. The second kappa shape index (κ2) is 20.3. The van der Waals surface area contributed by atoms with Gasteiger partial charge in [-0.05, 0) is 70.8 Å². The first-order valence-corrected chi connectivity index (χ1v) is 19.0. The number of aliphatic hydroxyl groups excluding tert-OH is 8. The third-order valence-corrected chi connectivity index (χ3v) is 9.87. The summed E-state index contributed by atoms with van der Waals surface area (Å²) in [6.45, 7) is -0.309. The van der Waals surface area contributed by atoms with E-state index in [4.69, 9.17) is 23.7 Å². The minimum atomic E-state index is -1.58. The maximum absolute atomic E-state index is 12.9. The zero-order valence-corrected chi connectivity index (χ0v) is 31.7. The van der Waals surface area contributed by atoms with Crippen LogP contribution in [0.2, 0.25) is 0 Å². The highest BCUT2D eigenvalue weighted by atomic mass is 16.7. The monoisotopic (exact) mass is 820 g/mol. The maximum atomic E-state index is 12.9. The molecule has 17 heteroatoms. The van der Waals surface area contributed by atoms with Gasteiger partial charge in [0.2, 0.25) is 12.6 Å². The first-order valence-electron chi connectivity index (χ1n) is 19.0. The van der Waals surface area contributed by atoms with Gasteiger partial charge in [0.05, 0.1) is 26.4 Å². The van der Waals surface area contributed by atoms with Gasteiger partial charge in [0, 0.05) is 24.2 Å². The van der Waals surface area contributed by atoms with Gasteiger partial charge in [-0.3, -0.25) is 9.59 Å². The minimum absolute atomic E-state index is 0.199. The van der Waals surface area contributed by atoms with E-state index in [-0.39, 0.29) is 43.9 Å². The minimum Gasteiger partial charge on any atom is -0.462 e. The number of amides is 2. The van der Waals surface area contributed by atoms with Crippen LogP contribution >= 0.6 is 0 Å². The van der Waals surface area contributed by atoms with Gasteiger partial charge >= 0.3 is 0 Å². The van der Waals surface area contributed by atoms with E-state index in [9.17, 15) is 50.4 Å². The Morgan fingerprint density at radius 1 is 0.508 bits per heavy atom. The number of benzene rings is 4. The molecule has 4 aromatic rings. The zero-order chi connectivity index (χ0) is 42.1. The summed E-state index contributed by atoms with van der Waals surface area (Å²) in [4.78, 5) is 25.8. The lowest BCUT2D eigenvalue weighted by atomic mass is 9.99. The van der Waals surface area contributed by atoms with Gasteiger partial charge in [0.15, 0.2) is 0 Å². The first-order chi connectivity index (χ1) is 28.5. The van der Waals surface area contributed by atoms with E-state index in [1.165, 1.54) is 0 Å². The van der Waals surface area contributed by atoms with Crippen molar-refractivity contribution in [2.75, 3.05) is 39.5 Å². The Morgan fingerprint density at radius 2 is 0.949 bits per heavy atom. The largest absolute Gasteiger partial charge is 0.462 e. The summed E-state index contributed by atoms with van der Waals surface area (Å²) in [5, 5.41) is 85.1. The summed E-state index contributed by atoms with van der Waals surface area (Å²) < 4.78 is 27.8. The van der Waals surface area contributed by atoms with Gasteiger partial charge in [-0.1, -0.05) is 48.5 Å². The highest BCUT2D eigenvalue weighted by Gasteiger charge is 2.45. The number of rotatable bonds is 16. The second-order valence-electron chi connectivity index (χ2n) is 14.0. The molecule has 0 saturated carbocycles. The Balaban J connectivity index is 0.917. The van der Waals surface area contributed by atoms with Crippen LogP contribution in [0.25, 0.3) is 22.3 Å². The topological polar surface area (TPSA) is 266 Å². The van der Waals surface area contributed by atoms with Crippen molar-refractivity contribution in [3.05, 3.63) is 108 Å². The van der Waals surface area contributed by atoms with Gasteiger partial charge in [0.1, 0.15) is 60.3 Å². The molecular weight excluding hydrogens is 772 g/mol. The highest BCUT2D eigenvalue weighted by Crippen LogP contribution is 2.30. The number of hydrogen-bond donors (Lipinski definition) is 10. The van der Waals surface area contributed by atoms with Crippen molar-refractivity contribution in [1.29, 1.82) is 0 Å². The van der Waals surface area contributed by atoms with E-state index in [2.05, 4.69) is 10.6 Å². The molecule has 2 amide bonds. The van der Waals surface area contributed by atoms with Crippen molar-refractivity contribution in [2.24, 2.45) is 0 Å². The molecule has 2 fully saturated rings. The van der Waals surface area contributed by atoms with E-state index in [0.29, 0.717) is 28.0 Å². The van der Waals surface area contributed by atoms with E-state index < -0.39 is 74.6 Å². The van der Waals surface area contributed by atoms with Crippen LogP contribution in [0.3, 0.4) is 0 Å². The number of carbonyl (C=O) groups excluding carboxylic acids is 2. The van der Waals surface area contributed by atoms with Crippen LogP contribution in [0.4, 0.5) is 0 Å². The lowest BCUT2D eigenvalue weighted by molar-refractivity contribution is -0.277. The summed E-state index contributed by atoms with van der Waals surface area (Å²) in [6, 6.07) is 27.4. The molecule has 17 nitrogen and oxygen atoms in total. The smallest absolute Gasteiger partial charge is 0.251 e. The van der Waals surface area contributed by atoms with Crippen molar-refractivity contribution < 1.29 is 74.1 Å². The van der Waals surface area contributed by atoms with E-state index in [1.54, 1.807) is 84.9 Å². The molecule has 0 radical (unpaired) electrons. The molecule has 10 unspecified atom stereocenters. The molecule has 0 aliphatic carbocycles. The average Bonchev–Trinajstić information content (AvgIpc) is 3.26. The third-order valence-electron chi connectivity index (χ3n) is 9.87. The number of nitrogens with one attached hydrogen (secondary N) is 2. The predicted octanol–water partition coefficient (Wildman–Crippen LogP) is -0.446. The number of hydrogen-bond acceptors (Lipinski definition) is 15. The van der Waals surface area contributed by atoms with Gasteiger partial charge in [-0.2, -0.15) is 0 Å². The molecule has 10 atom stereocenters. The fraction of sp³-hybridized carbons (Fsp3) is 0.381. The molecule has 59 heavy (non-hydrogen) atoms. The number of carbonyl (C=O) groups is 2. The Bertz CT molecular complexity index is 2000. The first kappa shape index (κ1) is 43.6. The summed E-state index contributed by atoms with van der Waals surface area (Å²) in [6.07, 6.45) is -14.1. The molecule has 0 aromatic heterocycles. The third kappa shape index (κ3) is 10.8. The number of ether oxygens (including phenoxy) is 5. The predicted molar refractivity (Wildman–Crippen MR) is 208 cm³/mol. The molecule has 2 aliphatic rings. The second-order valence-corrected chi connectivity index (χ2v) is 14.0. The SMILES string of the molecule is O=C(NCCOCCNC(=O)c1cccc(-c2cccc(OC3OC(CO)C(O)C(O)C3O)c2)c1)c1cccc(-c2ccc(OC3OC(CO)C(O)C(O)C3O)cc2)c1. The molecule has 2 heterocycles. The van der Waals surface area contributed by atoms with Crippen LogP contribution in [0.15, 0.2) is 97.1 Å². The quantitative estimate of drug-likeness (QED) is 0.0642. The van der Waals surface area contributed by atoms with Crippen molar-refractivity contribution in [3.8, 4) is 33.8 Å². The van der Waals surface area contributed by atoms with E-state index in [0.717, 1.165) is 11.1 Å². The van der Waals surface area contributed by atoms with Crippen LogP contribution in [-0.4, -0.2) is 154 Å². The van der Waals surface area contributed by atoms with Gasteiger partial charge in [0.25, 0.3) is 11.8 Å². The lowest BCUT2D eigenvalue weighted by Gasteiger charge is -2.39. The van der Waals surface area contributed by atoms with Crippen LogP contribution in [-0.2, 0) is 14.2 Å². The Morgan fingerprint density at radius 3 is 1.44 bits per heavy atom. The van der Waals surface area contributed by atoms with Gasteiger partial charge < -0.3 is 75.2 Å². The summed E-state index contributed by atoms with van der Waals surface area (Å²) in [5.41, 5.74) is 3.74. The van der Waals surface area contributed by atoms with Gasteiger partial charge in [-0.25, -0.2) is 0 Å². The molecule has 316 valence electrons. The summed E-state index contributed by atoms with van der Waals surface area (Å²) in [5.74, 6) is -0.0341. The van der Waals surface area contributed by atoms with E-state index in [1.807, 2.05) is 12.1 Å². The molecule has 10 N–H and O–H groups in total. The maximum Gasteiger partial charge on any atom is 0.251 e. The Kier molecular flexibility index (Phi) is 15.0. The Labute approximate surface area is 339 Å². The fourth-order valence-electron chi connectivity index (χ4n) is 6.53. The highest BCUT2D eigenvalue weighted by molar-refractivity contribution is 5.96. The van der Waals surface area contributed by atoms with Crippen molar-refractivity contribution in [3.63, 3.8) is 0 Å². The van der Waals surface area contributed by atoms with Crippen molar-refractivity contribution in [2.45, 2.75) is 61.4 Å². The molecule has 6 rings (SSSR count). The molecule has 0 spiro atoms. The number of aliphatic hydroxyl groups is 8. The van der Waals surface area contributed by atoms with Crippen LogP contribution in [0.5, 0.6) is 11.5 Å². The molecule has 4 aromatic carbocycles. The summed E-state index contributed by atoms with van der Waals surface area (Å²) in [7, 11) is 0. The summed E-state index contributed by atoms with van der Waals surface area (Å²) >= 11 is 0. The molecule has 2 aliphatic heterocycles. The van der Waals surface area contributed by atoms with Crippen LogP contribution in [0, 0.1) is 0 Å². The van der Waals surface area contributed by atoms with Crippen LogP contribution < -0.4 is 20.1 Å². The van der Waals surface area contributed by atoms with Crippen molar-refractivity contribution >= 4 is 11.8 Å². The standard InChI is InChI=1S/C42H48N2O15/c45-21-31-33(47)35(49)37(51)41(58-31)56-29-12-10-23(11-13-29)24-4-1-7-27(18-24)39(53)43-14-16-55-17-15-44-40(54)28-8-2-5-25(19-28)26-6-3-9-30(20-26)57-42-38(52)36(50)34(48)32(22-46)59-42/h1-13,18-20,31-38,41-42,45-52H,14-17,21-22H2,(H,43,53)(H,44,54). The normalized spacial score (nSPS) is 26.8. The lowest BCUT2D eigenvalue weighted by Crippen LogP contribution is -2.60. The fourth-order valence-corrected chi connectivity index (χ4v) is 6.53. The van der Waals surface area contributed by atoms with Crippen LogP contribution in [0.1, 0.15) is 20.7 Å². The van der Waals surface area contributed by atoms with Crippen molar-refractivity contribution in [1.82, 2.24) is 10.6 Å². The Hall–Kier alpha value is -5.02. The molecule has 0 bridgehead atoms. The molecule has 2 saturated heterocycles.